The number of aryl methyl sites for hydroxylation is 1. The third-order valence-corrected chi connectivity index (χ3v) is 8.05. The van der Waals surface area contributed by atoms with Gasteiger partial charge in [0.1, 0.15) is 5.75 Å². The molecule has 35 heavy (non-hydrogen) atoms. The molecule has 1 aliphatic carbocycles. The van der Waals surface area contributed by atoms with Crippen molar-refractivity contribution in [1.29, 1.82) is 0 Å². The second kappa shape index (κ2) is 10.8. The number of ether oxygens (including phenoxy) is 3. The van der Waals surface area contributed by atoms with Gasteiger partial charge >= 0.3 is 0 Å². The molecule has 0 spiro atoms. The highest BCUT2D eigenvalue weighted by molar-refractivity contribution is 5.52. The van der Waals surface area contributed by atoms with E-state index in [1.54, 1.807) is 21.3 Å². The minimum Gasteiger partial charge on any atom is -0.497 e. The van der Waals surface area contributed by atoms with E-state index in [9.17, 15) is 0 Å². The third kappa shape index (κ3) is 4.96. The Balaban J connectivity index is 1.40. The Hall–Kier alpha value is -2.82. The van der Waals surface area contributed by atoms with E-state index in [2.05, 4.69) is 77.7 Å². The molecular formula is C31H37NO3. The fourth-order valence-electron chi connectivity index (χ4n) is 6.20. The van der Waals surface area contributed by atoms with Gasteiger partial charge in [-0.05, 0) is 78.1 Å². The standard InChI is InChI=1S/C31H37NO3/c1-33-27-14-16-29-25(21-27)11-15-28(22-7-5-4-6-8-22)30(29)23-9-12-26(13-10-23)32-19-17-24(18-20-32)31(34-2)35-3/h4-10,12-14,16,21,24,28,30-31H,11,15,17-20H2,1-3H3/t28-,30+/m0/s1. The van der Waals surface area contributed by atoms with Crippen LogP contribution in [0.3, 0.4) is 0 Å². The summed E-state index contributed by atoms with van der Waals surface area (Å²) in [5.74, 6) is 2.22. The number of benzene rings is 3. The van der Waals surface area contributed by atoms with Crippen LogP contribution >= 0.6 is 0 Å². The van der Waals surface area contributed by atoms with Gasteiger partial charge in [0.2, 0.25) is 0 Å². The minimum atomic E-state index is -0.0977. The predicted molar refractivity (Wildman–Crippen MR) is 142 cm³/mol. The van der Waals surface area contributed by atoms with E-state index in [0.717, 1.165) is 44.5 Å². The summed E-state index contributed by atoms with van der Waals surface area (Å²) in [6.45, 7) is 2.07. The number of hydrogen-bond donors (Lipinski definition) is 0. The molecule has 0 bridgehead atoms. The fourth-order valence-corrected chi connectivity index (χ4v) is 6.20. The molecule has 5 rings (SSSR count). The first-order chi connectivity index (χ1) is 17.2. The second-order valence-corrected chi connectivity index (χ2v) is 9.85. The van der Waals surface area contributed by atoms with Gasteiger partial charge in [0.25, 0.3) is 0 Å². The molecule has 0 amide bonds. The molecule has 3 aromatic carbocycles. The largest absolute Gasteiger partial charge is 0.497 e. The highest BCUT2D eigenvalue weighted by Gasteiger charge is 2.32. The van der Waals surface area contributed by atoms with Crippen molar-refractivity contribution in [2.75, 3.05) is 39.3 Å². The van der Waals surface area contributed by atoms with Gasteiger partial charge in [-0.25, -0.2) is 0 Å². The summed E-state index contributed by atoms with van der Waals surface area (Å²) in [6, 6.07) is 27.0. The summed E-state index contributed by atoms with van der Waals surface area (Å²) >= 11 is 0. The molecule has 2 atom stereocenters. The molecule has 1 aliphatic heterocycles. The van der Waals surface area contributed by atoms with Crippen LogP contribution in [0.15, 0.2) is 72.8 Å². The average molecular weight is 472 g/mol. The monoisotopic (exact) mass is 471 g/mol. The Morgan fingerprint density at radius 1 is 0.771 bits per heavy atom. The zero-order valence-electron chi connectivity index (χ0n) is 21.2. The molecule has 1 fully saturated rings. The maximum atomic E-state index is 5.53. The second-order valence-electron chi connectivity index (χ2n) is 9.85. The Labute approximate surface area is 209 Å². The average Bonchev–Trinajstić information content (AvgIpc) is 2.94. The Kier molecular flexibility index (Phi) is 7.40. The number of anilines is 1. The van der Waals surface area contributed by atoms with Crippen LogP contribution in [0, 0.1) is 5.92 Å². The van der Waals surface area contributed by atoms with Crippen LogP contribution in [-0.2, 0) is 15.9 Å². The maximum Gasteiger partial charge on any atom is 0.159 e. The van der Waals surface area contributed by atoms with Crippen molar-refractivity contribution < 1.29 is 14.2 Å². The Bertz CT molecular complexity index is 1090. The molecule has 2 aliphatic rings. The van der Waals surface area contributed by atoms with Gasteiger partial charge in [0, 0.05) is 44.8 Å². The van der Waals surface area contributed by atoms with Crippen molar-refractivity contribution in [3.63, 3.8) is 0 Å². The number of methoxy groups -OCH3 is 3. The quantitative estimate of drug-likeness (QED) is 0.374. The van der Waals surface area contributed by atoms with Crippen molar-refractivity contribution in [2.45, 2.75) is 43.8 Å². The summed E-state index contributed by atoms with van der Waals surface area (Å²) in [5, 5.41) is 0. The van der Waals surface area contributed by atoms with E-state index in [1.807, 2.05) is 0 Å². The molecule has 184 valence electrons. The highest BCUT2D eigenvalue weighted by Crippen LogP contribution is 2.47. The summed E-state index contributed by atoms with van der Waals surface area (Å²) < 4.78 is 16.5. The van der Waals surface area contributed by atoms with E-state index in [4.69, 9.17) is 14.2 Å². The highest BCUT2D eigenvalue weighted by atomic mass is 16.7. The Morgan fingerprint density at radius 2 is 1.49 bits per heavy atom. The summed E-state index contributed by atoms with van der Waals surface area (Å²) in [7, 11) is 5.23. The number of fused-ring (bicyclic) bond motifs is 1. The number of piperidine rings is 1. The molecule has 0 unspecified atom stereocenters. The number of nitrogens with zero attached hydrogens (tertiary/aromatic N) is 1. The molecule has 0 aromatic heterocycles. The van der Waals surface area contributed by atoms with E-state index in [0.29, 0.717) is 17.8 Å². The summed E-state index contributed by atoms with van der Waals surface area (Å²) in [6.07, 6.45) is 4.30. The van der Waals surface area contributed by atoms with E-state index in [-0.39, 0.29) is 6.29 Å². The topological polar surface area (TPSA) is 30.9 Å². The van der Waals surface area contributed by atoms with Crippen molar-refractivity contribution in [1.82, 2.24) is 0 Å². The number of rotatable bonds is 7. The minimum absolute atomic E-state index is 0.0977. The van der Waals surface area contributed by atoms with Crippen molar-refractivity contribution >= 4 is 5.69 Å². The van der Waals surface area contributed by atoms with Gasteiger partial charge in [-0.2, -0.15) is 0 Å². The van der Waals surface area contributed by atoms with Gasteiger partial charge in [0.05, 0.1) is 7.11 Å². The van der Waals surface area contributed by atoms with Gasteiger partial charge in [-0.3, -0.25) is 0 Å². The molecule has 0 N–H and O–H groups in total. The van der Waals surface area contributed by atoms with Crippen molar-refractivity contribution in [3.8, 4) is 5.75 Å². The lowest BCUT2D eigenvalue weighted by atomic mass is 9.69. The first-order valence-corrected chi connectivity index (χ1v) is 12.8. The van der Waals surface area contributed by atoms with Gasteiger partial charge in [-0.15, -0.1) is 0 Å². The molecule has 1 heterocycles. The van der Waals surface area contributed by atoms with Gasteiger partial charge < -0.3 is 19.1 Å². The van der Waals surface area contributed by atoms with Crippen LogP contribution in [0.5, 0.6) is 5.75 Å². The van der Waals surface area contributed by atoms with Crippen LogP contribution in [0.4, 0.5) is 5.69 Å². The molecule has 4 nitrogen and oxygen atoms in total. The lowest BCUT2D eigenvalue weighted by Gasteiger charge is -2.37. The SMILES string of the molecule is COc1ccc2c(c1)CC[C@@H](c1ccccc1)[C@H]2c1ccc(N2CCC(C(OC)OC)CC2)cc1. The van der Waals surface area contributed by atoms with Crippen molar-refractivity contribution in [2.24, 2.45) is 5.92 Å². The normalized spacial score (nSPS) is 20.6. The van der Waals surface area contributed by atoms with E-state index in [1.165, 1.54) is 27.9 Å². The van der Waals surface area contributed by atoms with Crippen LogP contribution in [0.1, 0.15) is 53.4 Å². The summed E-state index contributed by atoms with van der Waals surface area (Å²) in [5.41, 5.74) is 6.97. The molecule has 0 radical (unpaired) electrons. The molecule has 0 saturated carbocycles. The fraction of sp³-hybridized carbons (Fsp3) is 0.419. The van der Waals surface area contributed by atoms with Crippen LogP contribution in [-0.4, -0.2) is 40.7 Å². The van der Waals surface area contributed by atoms with Gasteiger partial charge in [0.15, 0.2) is 6.29 Å². The van der Waals surface area contributed by atoms with E-state index >= 15 is 0 Å². The maximum absolute atomic E-state index is 5.53. The lowest BCUT2D eigenvalue weighted by molar-refractivity contribution is -0.141. The zero-order chi connectivity index (χ0) is 24.2. The Morgan fingerprint density at radius 3 is 2.14 bits per heavy atom. The van der Waals surface area contributed by atoms with Crippen LogP contribution in [0.2, 0.25) is 0 Å². The van der Waals surface area contributed by atoms with Crippen LogP contribution in [0.25, 0.3) is 0 Å². The van der Waals surface area contributed by atoms with Gasteiger partial charge in [-0.1, -0.05) is 48.5 Å². The predicted octanol–water partition coefficient (Wildman–Crippen LogP) is 6.39. The zero-order valence-corrected chi connectivity index (χ0v) is 21.2. The smallest absolute Gasteiger partial charge is 0.159 e. The molecule has 4 heteroatoms. The lowest BCUT2D eigenvalue weighted by Crippen LogP contribution is -2.39. The van der Waals surface area contributed by atoms with Crippen molar-refractivity contribution in [3.05, 3.63) is 95.1 Å². The number of hydrogen-bond acceptors (Lipinski definition) is 4. The van der Waals surface area contributed by atoms with Crippen LogP contribution < -0.4 is 9.64 Å². The third-order valence-electron chi connectivity index (χ3n) is 8.05. The first-order valence-electron chi connectivity index (χ1n) is 12.8. The molecule has 3 aromatic rings. The summed E-state index contributed by atoms with van der Waals surface area (Å²) in [4.78, 5) is 2.50. The first kappa shape index (κ1) is 23.9. The molecule has 1 saturated heterocycles. The van der Waals surface area contributed by atoms with E-state index < -0.39 is 0 Å². The molecular weight excluding hydrogens is 434 g/mol.